The van der Waals surface area contributed by atoms with Crippen LogP contribution in [0, 0.1) is 5.82 Å². The number of imide groups is 1. The van der Waals surface area contributed by atoms with Crippen molar-refractivity contribution < 1.29 is 28.3 Å². The number of hydrogen-bond acceptors (Lipinski definition) is 6. The third-order valence-electron chi connectivity index (χ3n) is 5.64. The molecule has 0 radical (unpaired) electrons. The molecule has 0 bridgehead atoms. The molecular formula is C28H23ClFN3O5. The standard InChI is InChI=1S/C28H23ClFN3O5/c1-2-3-15-38-28(37)19-11-4-6-13-21(19)32-25(34)17-9-8-10-18(16-17)31-24-23(29)26(35)33(27(24)36)22-14-7-5-12-20(22)30/h4-14,16,31H,2-3,15H2,1H3,(H,32,34). The zero-order valence-corrected chi connectivity index (χ0v) is 21.0. The third-order valence-corrected chi connectivity index (χ3v) is 5.99. The molecule has 2 N–H and O–H groups in total. The summed E-state index contributed by atoms with van der Waals surface area (Å²) in [4.78, 5) is 51.7. The average Bonchev–Trinajstić information content (AvgIpc) is 3.12. The highest BCUT2D eigenvalue weighted by molar-refractivity contribution is 6.53. The maximum absolute atomic E-state index is 14.2. The Morgan fingerprint density at radius 1 is 0.974 bits per heavy atom. The van der Waals surface area contributed by atoms with Crippen molar-refractivity contribution in [1.29, 1.82) is 0 Å². The lowest BCUT2D eigenvalue weighted by molar-refractivity contribution is -0.120. The fraction of sp³-hybridized carbons (Fsp3) is 0.143. The van der Waals surface area contributed by atoms with E-state index in [0.717, 1.165) is 18.9 Å². The van der Waals surface area contributed by atoms with Gasteiger partial charge in [0.2, 0.25) is 0 Å². The molecule has 38 heavy (non-hydrogen) atoms. The summed E-state index contributed by atoms with van der Waals surface area (Å²) in [5, 5.41) is 5.06. The van der Waals surface area contributed by atoms with Crippen LogP contribution in [0.3, 0.4) is 0 Å². The SMILES string of the molecule is CCCCOC(=O)c1ccccc1NC(=O)c1cccc(NC2=C(Cl)C(=O)N(c3ccccc3F)C2=O)c1. The van der Waals surface area contributed by atoms with Crippen LogP contribution < -0.4 is 15.5 Å². The summed E-state index contributed by atoms with van der Waals surface area (Å²) in [6, 6.07) is 17.9. The number of anilines is 3. The molecule has 0 aliphatic carbocycles. The number of carbonyl (C=O) groups excluding carboxylic acids is 4. The molecule has 3 aromatic carbocycles. The van der Waals surface area contributed by atoms with Gasteiger partial charge in [-0.15, -0.1) is 0 Å². The Kier molecular flexibility index (Phi) is 8.18. The van der Waals surface area contributed by atoms with Gasteiger partial charge in [-0.25, -0.2) is 14.1 Å². The lowest BCUT2D eigenvalue weighted by Crippen LogP contribution is -2.33. The maximum atomic E-state index is 14.2. The van der Waals surface area contributed by atoms with E-state index in [4.69, 9.17) is 16.3 Å². The molecule has 1 heterocycles. The Hall–Kier alpha value is -4.50. The average molecular weight is 536 g/mol. The number of amides is 3. The van der Waals surface area contributed by atoms with Crippen LogP contribution in [0.2, 0.25) is 0 Å². The number of para-hydroxylation sites is 2. The summed E-state index contributed by atoms with van der Waals surface area (Å²) < 4.78 is 19.5. The summed E-state index contributed by atoms with van der Waals surface area (Å²) in [6.45, 7) is 2.26. The Balaban J connectivity index is 1.51. The number of halogens is 2. The molecule has 1 aliphatic rings. The molecular weight excluding hydrogens is 513 g/mol. The van der Waals surface area contributed by atoms with Crippen molar-refractivity contribution in [2.75, 3.05) is 22.1 Å². The Bertz CT molecular complexity index is 1460. The number of rotatable bonds is 9. The van der Waals surface area contributed by atoms with Gasteiger partial charge in [0.15, 0.2) is 0 Å². The quantitative estimate of drug-likeness (QED) is 0.214. The van der Waals surface area contributed by atoms with Crippen LogP contribution in [0.1, 0.15) is 40.5 Å². The molecule has 0 atom stereocenters. The van der Waals surface area contributed by atoms with Crippen LogP contribution in [0.5, 0.6) is 0 Å². The molecule has 3 amide bonds. The fourth-order valence-corrected chi connectivity index (χ4v) is 3.91. The Labute approximate surface area is 223 Å². The minimum atomic E-state index is -0.874. The van der Waals surface area contributed by atoms with E-state index in [0.29, 0.717) is 4.90 Å². The van der Waals surface area contributed by atoms with E-state index in [-0.39, 0.29) is 40.5 Å². The van der Waals surface area contributed by atoms with Gasteiger partial charge in [-0.05, 0) is 48.9 Å². The number of carbonyl (C=O) groups is 4. The van der Waals surface area contributed by atoms with Crippen molar-refractivity contribution in [2.24, 2.45) is 0 Å². The first-order chi connectivity index (χ1) is 18.3. The molecule has 194 valence electrons. The maximum Gasteiger partial charge on any atom is 0.340 e. The van der Waals surface area contributed by atoms with Gasteiger partial charge in [0.25, 0.3) is 17.7 Å². The second-order valence-electron chi connectivity index (χ2n) is 8.28. The van der Waals surface area contributed by atoms with Gasteiger partial charge in [-0.1, -0.05) is 55.3 Å². The van der Waals surface area contributed by atoms with Crippen LogP contribution in [0.25, 0.3) is 0 Å². The molecule has 0 saturated heterocycles. The van der Waals surface area contributed by atoms with E-state index in [1.807, 2.05) is 6.92 Å². The van der Waals surface area contributed by atoms with Crippen LogP contribution in [-0.2, 0) is 14.3 Å². The largest absolute Gasteiger partial charge is 0.462 e. The minimum Gasteiger partial charge on any atom is -0.462 e. The fourth-order valence-electron chi connectivity index (χ4n) is 3.70. The van der Waals surface area contributed by atoms with Gasteiger partial charge in [0, 0.05) is 11.3 Å². The smallest absolute Gasteiger partial charge is 0.340 e. The zero-order valence-electron chi connectivity index (χ0n) is 20.3. The van der Waals surface area contributed by atoms with E-state index in [1.54, 1.807) is 36.4 Å². The normalized spacial score (nSPS) is 13.1. The monoisotopic (exact) mass is 535 g/mol. The van der Waals surface area contributed by atoms with Crippen molar-refractivity contribution in [3.05, 3.63) is 100 Å². The first kappa shape index (κ1) is 26.6. The second kappa shape index (κ2) is 11.7. The number of nitrogens with one attached hydrogen (secondary N) is 2. The van der Waals surface area contributed by atoms with Crippen LogP contribution in [-0.4, -0.2) is 30.3 Å². The number of hydrogen-bond donors (Lipinski definition) is 2. The van der Waals surface area contributed by atoms with Crippen molar-refractivity contribution in [3.63, 3.8) is 0 Å². The van der Waals surface area contributed by atoms with Crippen LogP contribution in [0.15, 0.2) is 83.5 Å². The van der Waals surface area contributed by atoms with E-state index in [2.05, 4.69) is 10.6 Å². The van der Waals surface area contributed by atoms with Crippen molar-refractivity contribution in [1.82, 2.24) is 0 Å². The Morgan fingerprint density at radius 3 is 2.47 bits per heavy atom. The highest BCUT2D eigenvalue weighted by atomic mass is 35.5. The van der Waals surface area contributed by atoms with Gasteiger partial charge >= 0.3 is 5.97 Å². The molecule has 0 saturated carbocycles. The van der Waals surface area contributed by atoms with Crippen molar-refractivity contribution in [3.8, 4) is 0 Å². The second-order valence-corrected chi connectivity index (χ2v) is 8.66. The van der Waals surface area contributed by atoms with Crippen molar-refractivity contribution >= 4 is 52.4 Å². The van der Waals surface area contributed by atoms with Gasteiger partial charge in [0.1, 0.15) is 16.5 Å². The van der Waals surface area contributed by atoms with E-state index >= 15 is 0 Å². The molecule has 0 spiro atoms. The molecule has 0 unspecified atom stereocenters. The first-order valence-corrected chi connectivity index (χ1v) is 12.2. The molecule has 3 aromatic rings. The van der Waals surface area contributed by atoms with E-state index < -0.39 is 34.5 Å². The number of esters is 1. The Morgan fingerprint density at radius 2 is 1.71 bits per heavy atom. The van der Waals surface area contributed by atoms with E-state index in [1.165, 1.54) is 30.3 Å². The topological polar surface area (TPSA) is 105 Å². The lowest BCUT2D eigenvalue weighted by atomic mass is 10.1. The molecule has 1 aliphatic heterocycles. The summed E-state index contributed by atoms with van der Waals surface area (Å²) in [7, 11) is 0. The van der Waals surface area contributed by atoms with Crippen molar-refractivity contribution in [2.45, 2.75) is 19.8 Å². The molecule has 10 heteroatoms. The van der Waals surface area contributed by atoms with E-state index in [9.17, 15) is 23.6 Å². The first-order valence-electron chi connectivity index (χ1n) is 11.8. The summed E-state index contributed by atoms with van der Waals surface area (Å²) in [6.07, 6.45) is 1.60. The van der Waals surface area contributed by atoms with Gasteiger partial charge in [-0.3, -0.25) is 14.4 Å². The van der Waals surface area contributed by atoms with Crippen LogP contribution in [0.4, 0.5) is 21.5 Å². The van der Waals surface area contributed by atoms with Gasteiger partial charge in [0.05, 0.1) is 23.5 Å². The molecule has 0 fully saturated rings. The summed E-state index contributed by atoms with van der Waals surface area (Å²) in [5.41, 5.74) is 0.500. The number of unbranched alkanes of at least 4 members (excludes halogenated alkanes) is 1. The summed E-state index contributed by atoms with van der Waals surface area (Å²) in [5.74, 6) is -3.54. The predicted molar refractivity (Wildman–Crippen MR) is 141 cm³/mol. The predicted octanol–water partition coefficient (Wildman–Crippen LogP) is 5.47. The lowest BCUT2D eigenvalue weighted by Gasteiger charge is -2.16. The summed E-state index contributed by atoms with van der Waals surface area (Å²) >= 11 is 6.13. The van der Waals surface area contributed by atoms with Crippen LogP contribution >= 0.6 is 11.6 Å². The number of benzene rings is 3. The molecule has 0 aromatic heterocycles. The highest BCUT2D eigenvalue weighted by Gasteiger charge is 2.40. The minimum absolute atomic E-state index is 0.198. The number of nitrogens with zero attached hydrogens (tertiary/aromatic N) is 1. The van der Waals surface area contributed by atoms with Gasteiger partial charge in [-0.2, -0.15) is 0 Å². The van der Waals surface area contributed by atoms with Gasteiger partial charge < -0.3 is 15.4 Å². The zero-order chi connectivity index (χ0) is 27.2. The molecule has 8 nitrogen and oxygen atoms in total. The highest BCUT2D eigenvalue weighted by Crippen LogP contribution is 2.31. The third kappa shape index (κ3) is 5.57. The molecule has 4 rings (SSSR count). The number of ether oxygens (including phenoxy) is 1.